The van der Waals surface area contributed by atoms with Crippen LogP contribution in [0, 0.1) is 11.8 Å². The summed E-state index contributed by atoms with van der Waals surface area (Å²) in [5, 5.41) is 12.7. The van der Waals surface area contributed by atoms with Gasteiger partial charge in [-0.1, -0.05) is 6.92 Å². The molecular formula is C8H16N2O. The van der Waals surface area contributed by atoms with Gasteiger partial charge in [0.15, 0.2) is 0 Å². The maximum absolute atomic E-state index is 8.63. The summed E-state index contributed by atoms with van der Waals surface area (Å²) in [6.45, 7) is 4.25. The Morgan fingerprint density at radius 2 is 2.45 bits per heavy atom. The van der Waals surface area contributed by atoms with Crippen LogP contribution in [0.15, 0.2) is 5.10 Å². The highest BCUT2D eigenvalue weighted by atomic mass is 16.3. The van der Waals surface area contributed by atoms with Gasteiger partial charge < -0.3 is 10.5 Å². The van der Waals surface area contributed by atoms with Crippen LogP contribution in [0.5, 0.6) is 0 Å². The maximum Gasteiger partial charge on any atom is 0.0646 e. The van der Waals surface area contributed by atoms with Crippen molar-refractivity contribution in [1.82, 2.24) is 5.43 Å². The van der Waals surface area contributed by atoms with Crippen LogP contribution < -0.4 is 5.43 Å². The Labute approximate surface area is 67.5 Å². The second kappa shape index (κ2) is 3.72. The first kappa shape index (κ1) is 8.53. The van der Waals surface area contributed by atoms with E-state index in [1.54, 1.807) is 0 Å². The lowest BCUT2D eigenvalue weighted by Gasteiger charge is -2.04. The minimum Gasteiger partial charge on any atom is -0.394 e. The van der Waals surface area contributed by atoms with E-state index in [4.69, 9.17) is 5.11 Å². The molecule has 0 aromatic heterocycles. The summed E-state index contributed by atoms with van der Waals surface area (Å²) >= 11 is 0. The van der Waals surface area contributed by atoms with Gasteiger partial charge in [0, 0.05) is 6.21 Å². The molecule has 1 fully saturated rings. The predicted octanol–water partition coefficient (Wildman–Crippen LogP) is 0.599. The summed E-state index contributed by atoms with van der Waals surface area (Å²) in [7, 11) is 0. The molecule has 3 atom stereocenters. The summed E-state index contributed by atoms with van der Waals surface area (Å²) in [4.78, 5) is 0. The Morgan fingerprint density at radius 3 is 2.91 bits per heavy atom. The van der Waals surface area contributed by atoms with E-state index in [0.717, 1.165) is 5.92 Å². The van der Waals surface area contributed by atoms with Gasteiger partial charge in [0.1, 0.15) is 0 Å². The molecule has 11 heavy (non-hydrogen) atoms. The first-order valence-corrected chi connectivity index (χ1v) is 4.13. The van der Waals surface area contributed by atoms with Crippen molar-refractivity contribution in [2.24, 2.45) is 16.9 Å². The van der Waals surface area contributed by atoms with Crippen molar-refractivity contribution in [2.75, 3.05) is 6.61 Å². The molecule has 0 spiro atoms. The lowest BCUT2D eigenvalue weighted by Crippen LogP contribution is -2.24. The highest BCUT2D eigenvalue weighted by Crippen LogP contribution is 2.35. The SMILES string of the molecule is CC(CO)N/N=C/C1CC1C. The Bertz CT molecular complexity index is 147. The zero-order valence-electron chi connectivity index (χ0n) is 7.12. The molecule has 0 amide bonds. The quantitative estimate of drug-likeness (QED) is 0.462. The van der Waals surface area contributed by atoms with E-state index in [1.165, 1.54) is 6.42 Å². The van der Waals surface area contributed by atoms with Crippen molar-refractivity contribution in [3.05, 3.63) is 0 Å². The monoisotopic (exact) mass is 156 g/mol. The molecule has 0 aromatic carbocycles. The standard InChI is InChI=1S/C8H16N2O/c1-6-3-8(6)4-9-10-7(2)5-11/h4,6-8,10-11H,3,5H2,1-2H3/b9-4+. The van der Waals surface area contributed by atoms with Gasteiger partial charge in [-0.3, -0.25) is 0 Å². The van der Waals surface area contributed by atoms with E-state index in [9.17, 15) is 0 Å². The lowest BCUT2D eigenvalue weighted by molar-refractivity contribution is 0.253. The van der Waals surface area contributed by atoms with Crippen LogP contribution in [0.2, 0.25) is 0 Å². The average Bonchev–Trinajstić information content (AvgIpc) is 2.66. The number of aliphatic hydroxyl groups excluding tert-OH is 1. The van der Waals surface area contributed by atoms with Crippen LogP contribution in [0.25, 0.3) is 0 Å². The van der Waals surface area contributed by atoms with E-state index >= 15 is 0 Å². The fourth-order valence-corrected chi connectivity index (χ4v) is 0.865. The molecule has 0 aliphatic heterocycles. The molecule has 3 unspecified atom stereocenters. The molecule has 0 saturated heterocycles. The number of hydrogen-bond donors (Lipinski definition) is 2. The molecule has 64 valence electrons. The first-order chi connectivity index (χ1) is 5.24. The molecule has 1 aliphatic carbocycles. The zero-order chi connectivity index (χ0) is 8.27. The van der Waals surface area contributed by atoms with Crippen molar-refractivity contribution < 1.29 is 5.11 Å². The van der Waals surface area contributed by atoms with Crippen molar-refractivity contribution in [2.45, 2.75) is 26.3 Å². The van der Waals surface area contributed by atoms with Crippen molar-refractivity contribution in [3.63, 3.8) is 0 Å². The number of aliphatic hydroxyl groups is 1. The summed E-state index contributed by atoms with van der Waals surface area (Å²) in [6.07, 6.45) is 3.20. The van der Waals surface area contributed by atoms with Crippen molar-refractivity contribution in [3.8, 4) is 0 Å². The van der Waals surface area contributed by atoms with Gasteiger partial charge in [-0.15, -0.1) is 0 Å². The van der Waals surface area contributed by atoms with Gasteiger partial charge in [-0.2, -0.15) is 5.10 Å². The van der Waals surface area contributed by atoms with Crippen LogP contribution in [-0.2, 0) is 0 Å². The van der Waals surface area contributed by atoms with Gasteiger partial charge in [0.2, 0.25) is 0 Å². The Morgan fingerprint density at radius 1 is 1.82 bits per heavy atom. The summed E-state index contributed by atoms with van der Waals surface area (Å²) in [5.41, 5.74) is 2.84. The van der Waals surface area contributed by atoms with Gasteiger partial charge in [0.25, 0.3) is 0 Å². The molecular weight excluding hydrogens is 140 g/mol. The van der Waals surface area contributed by atoms with E-state index in [1.807, 2.05) is 13.1 Å². The molecule has 1 rings (SSSR count). The fraction of sp³-hybridized carbons (Fsp3) is 0.875. The first-order valence-electron chi connectivity index (χ1n) is 4.13. The van der Waals surface area contributed by atoms with E-state index in [0.29, 0.717) is 5.92 Å². The summed E-state index contributed by atoms with van der Waals surface area (Å²) < 4.78 is 0. The number of hydrogen-bond acceptors (Lipinski definition) is 3. The fourth-order valence-electron chi connectivity index (χ4n) is 0.865. The smallest absolute Gasteiger partial charge is 0.0646 e. The average molecular weight is 156 g/mol. The molecule has 1 saturated carbocycles. The Kier molecular flexibility index (Phi) is 2.88. The minimum absolute atomic E-state index is 0.0697. The molecule has 3 heteroatoms. The van der Waals surface area contributed by atoms with Crippen molar-refractivity contribution in [1.29, 1.82) is 0 Å². The van der Waals surface area contributed by atoms with Gasteiger partial charge >= 0.3 is 0 Å². The van der Waals surface area contributed by atoms with Crippen LogP contribution in [0.3, 0.4) is 0 Å². The van der Waals surface area contributed by atoms with Crippen LogP contribution >= 0.6 is 0 Å². The van der Waals surface area contributed by atoms with Crippen LogP contribution in [0.4, 0.5) is 0 Å². The third kappa shape index (κ3) is 2.89. The second-order valence-corrected chi connectivity index (χ2v) is 3.37. The number of rotatable bonds is 4. The molecule has 3 nitrogen and oxygen atoms in total. The third-order valence-corrected chi connectivity index (χ3v) is 2.01. The molecule has 2 N–H and O–H groups in total. The normalized spacial score (nSPS) is 32.3. The highest BCUT2D eigenvalue weighted by molar-refractivity contribution is 5.64. The van der Waals surface area contributed by atoms with E-state index < -0.39 is 0 Å². The predicted molar refractivity (Wildman–Crippen MR) is 45.4 cm³/mol. The number of nitrogens with zero attached hydrogens (tertiary/aromatic N) is 1. The Hall–Kier alpha value is -0.570. The third-order valence-electron chi connectivity index (χ3n) is 2.01. The largest absolute Gasteiger partial charge is 0.394 e. The summed E-state index contributed by atoms with van der Waals surface area (Å²) in [6, 6.07) is 0.0697. The lowest BCUT2D eigenvalue weighted by atomic mass is 10.4. The zero-order valence-corrected chi connectivity index (χ0v) is 7.12. The molecule has 0 radical (unpaired) electrons. The van der Waals surface area contributed by atoms with Gasteiger partial charge in [-0.05, 0) is 25.2 Å². The molecule has 0 heterocycles. The molecule has 0 bridgehead atoms. The number of nitrogens with one attached hydrogen (secondary N) is 1. The summed E-state index contributed by atoms with van der Waals surface area (Å²) in [5.74, 6) is 1.48. The second-order valence-electron chi connectivity index (χ2n) is 3.37. The maximum atomic E-state index is 8.63. The minimum atomic E-state index is 0.0697. The van der Waals surface area contributed by atoms with Crippen LogP contribution in [-0.4, -0.2) is 24.0 Å². The van der Waals surface area contributed by atoms with E-state index in [2.05, 4.69) is 17.5 Å². The van der Waals surface area contributed by atoms with Gasteiger partial charge in [0.05, 0.1) is 12.6 Å². The highest BCUT2D eigenvalue weighted by Gasteiger charge is 2.30. The molecule has 0 aromatic rings. The van der Waals surface area contributed by atoms with E-state index in [-0.39, 0.29) is 12.6 Å². The topological polar surface area (TPSA) is 44.6 Å². The number of hydrazone groups is 1. The molecule has 1 aliphatic rings. The Balaban J connectivity index is 2.06. The van der Waals surface area contributed by atoms with Crippen molar-refractivity contribution >= 4 is 6.21 Å². The van der Waals surface area contributed by atoms with Gasteiger partial charge in [-0.25, -0.2) is 0 Å². The van der Waals surface area contributed by atoms with Crippen LogP contribution in [0.1, 0.15) is 20.3 Å².